The van der Waals surface area contributed by atoms with Crippen LogP contribution in [0.25, 0.3) is 11.0 Å². The Morgan fingerprint density at radius 1 is 1.13 bits per heavy atom. The lowest BCUT2D eigenvalue weighted by Crippen LogP contribution is -2.29. The lowest BCUT2D eigenvalue weighted by Gasteiger charge is -2.14. The summed E-state index contributed by atoms with van der Waals surface area (Å²) in [7, 11) is 0. The maximum absolute atomic E-state index is 12.2. The number of fused-ring (bicyclic) bond motifs is 1. The molecule has 0 spiro atoms. The third kappa shape index (κ3) is 3.35. The molecule has 2 aromatic carbocycles. The summed E-state index contributed by atoms with van der Waals surface area (Å²) in [5, 5.41) is 12.9. The largest absolute Gasteiger partial charge is 0.387 e. The van der Waals surface area contributed by atoms with Gasteiger partial charge < -0.3 is 10.4 Å². The molecule has 5 nitrogen and oxygen atoms in total. The second-order valence-corrected chi connectivity index (χ2v) is 5.33. The molecule has 2 N–H and O–H groups in total. The van der Waals surface area contributed by atoms with Gasteiger partial charge in [0.05, 0.1) is 23.3 Å². The van der Waals surface area contributed by atoms with Crippen LogP contribution in [-0.4, -0.2) is 27.5 Å². The van der Waals surface area contributed by atoms with E-state index >= 15 is 0 Å². The quantitative estimate of drug-likeness (QED) is 0.776. The number of aliphatic hydroxyl groups is 1. The highest BCUT2D eigenvalue weighted by Gasteiger charge is 2.13. The number of aliphatic hydroxyl groups excluding tert-OH is 1. The molecule has 0 saturated heterocycles. The normalized spacial score (nSPS) is 12.1. The Bertz CT molecular complexity index is 848. The molecule has 116 valence electrons. The first-order chi connectivity index (χ1) is 11.1. The lowest BCUT2D eigenvalue weighted by molar-refractivity contribution is 0.0911. The predicted octanol–water partition coefficient (Wildman–Crippen LogP) is 2.40. The highest BCUT2D eigenvalue weighted by Crippen LogP contribution is 2.16. The van der Waals surface area contributed by atoms with Crippen LogP contribution in [0.4, 0.5) is 0 Å². The molecule has 1 aromatic heterocycles. The topological polar surface area (TPSA) is 75.1 Å². The Morgan fingerprint density at radius 3 is 2.61 bits per heavy atom. The minimum atomic E-state index is -0.756. The number of benzene rings is 2. The number of carbonyl (C=O) groups is 1. The van der Waals surface area contributed by atoms with Crippen LogP contribution < -0.4 is 5.32 Å². The van der Waals surface area contributed by atoms with Crippen LogP contribution in [0, 0.1) is 6.92 Å². The van der Waals surface area contributed by atoms with Crippen LogP contribution in [0.1, 0.15) is 27.7 Å². The first-order valence-corrected chi connectivity index (χ1v) is 7.39. The van der Waals surface area contributed by atoms with Crippen LogP contribution in [0.3, 0.4) is 0 Å². The average Bonchev–Trinajstić information content (AvgIpc) is 2.59. The Hall–Kier alpha value is -2.79. The van der Waals surface area contributed by atoms with E-state index in [4.69, 9.17) is 0 Å². The molecule has 23 heavy (non-hydrogen) atoms. The minimum Gasteiger partial charge on any atom is -0.387 e. The van der Waals surface area contributed by atoms with E-state index in [9.17, 15) is 9.90 Å². The van der Waals surface area contributed by atoms with Crippen LogP contribution in [-0.2, 0) is 0 Å². The van der Waals surface area contributed by atoms with Gasteiger partial charge in [-0.2, -0.15) is 0 Å². The van der Waals surface area contributed by atoms with E-state index in [1.165, 1.54) is 6.20 Å². The van der Waals surface area contributed by atoms with Crippen molar-refractivity contribution in [2.45, 2.75) is 13.0 Å². The van der Waals surface area contributed by atoms with Gasteiger partial charge in [-0.25, -0.2) is 4.98 Å². The molecule has 1 amide bonds. The molecule has 0 aliphatic carbocycles. The van der Waals surface area contributed by atoms with Gasteiger partial charge in [-0.05, 0) is 30.2 Å². The monoisotopic (exact) mass is 307 g/mol. The van der Waals surface area contributed by atoms with Crippen molar-refractivity contribution in [2.24, 2.45) is 0 Å². The standard InChI is InChI=1S/C18H17N3O2/c1-12-6-2-3-7-13(12)17(22)11-20-18(23)16-10-19-14-8-4-5-9-15(14)21-16/h2-10,17,22H,11H2,1H3,(H,20,23)/t17-/m0/s1. The maximum atomic E-state index is 12.2. The molecule has 5 heteroatoms. The van der Waals surface area contributed by atoms with E-state index < -0.39 is 6.10 Å². The van der Waals surface area contributed by atoms with Gasteiger partial charge in [-0.3, -0.25) is 9.78 Å². The van der Waals surface area contributed by atoms with Crippen LogP contribution in [0.2, 0.25) is 0 Å². The van der Waals surface area contributed by atoms with Crippen molar-refractivity contribution in [1.82, 2.24) is 15.3 Å². The maximum Gasteiger partial charge on any atom is 0.271 e. The zero-order valence-electron chi connectivity index (χ0n) is 12.7. The number of nitrogens with zero attached hydrogens (tertiary/aromatic N) is 2. The second-order valence-electron chi connectivity index (χ2n) is 5.33. The number of hydrogen-bond acceptors (Lipinski definition) is 4. The molecule has 0 bridgehead atoms. The molecular weight excluding hydrogens is 290 g/mol. The van der Waals surface area contributed by atoms with Crippen LogP contribution >= 0.6 is 0 Å². The SMILES string of the molecule is Cc1ccccc1[C@@H](O)CNC(=O)c1cnc2ccccc2n1. The highest BCUT2D eigenvalue weighted by molar-refractivity contribution is 5.93. The fourth-order valence-corrected chi connectivity index (χ4v) is 2.42. The summed E-state index contributed by atoms with van der Waals surface area (Å²) in [6, 6.07) is 14.9. The van der Waals surface area contributed by atoms with Crippen molar-refractivity contribution in [1.29, 1.82) is 0 Å². The van der Waals surface area contributed by atoms with Gasteiger partial charge in [0.2, 0.25) is 0 Å². The third-order valence-corrected chi connectivity index (χ3v) is 3.68. The van der Waals surface area contributed by atoms with E-state index in [2.05, 4.69) is 15.3 Å². The molecule has 1 atom stereocenters. The second kappa shape index (κ2) is 6.54. The van der Waals surface area contributed by atoms with E-state index in [1.807, 2.05) is 49.4 Å². The molecule has 3 aromatic rings. The average molecular weight is 307 g/mol. The summed E-state index contributed by atoms with van der Waals surface area (Å²) < 4.78 is 0. The Balaban J connectivity index is 1.70. The summed E-state index contributed by atoms with van der Waals surface area (Å²) in [6.45, 7) is 2.05. The first-order valence-electron chi connectivity index (χ1n) is 7.39. The molecule has 0 aliphatic rings. The molecule has 0 radical (unpaired) electrons. The Labute approximate surface area is 134 Å². The predicted molar refractivity (Wildman–Crippen MR) is 88.0 cm³/mol. The van der Waals surface area contributed by atoms with Gasteiger partial charge in [-0.15, -0.1) is 0 Å². The summed E-state index contributed by atoms with van der Waals surface area (Å²) >= 11 is 0. The van der Waals surface area contributed by atoms with Gasteiger partial charge in [0, 0.05) is 6.54 Å². The molecule has 1 heterocycles. The molecule has 0 unspecified atom stereocenters. The molecular formula is C18H17N3O2. The van der Waals surface area contributed by atoms with Crippen molar-refractivity contribution in [3.63, 3.8) is 0 Å². The van der Waals surface area contributed by atoms with Crippen LogP contribution in [0.15, 0.2) is 54.7 Å². The molecule has 0 aliphatic heterocycles. The van der Waals surface area contributed by atoms with Gasteiger partial charge in [0.25, 0.3) is 5.91 Å². The van der Waals surface area contributed by atoms with E-state index in [-0.39, 0.29) is 18.1 Å². The number of para-hydroxylation sites is 2. The zero-order valence-corrected chi connectivity index (χ0v) is 12.7. The number of amides is 1. The fraction of sp³-hybridized carbons (Fsp3) is 0.167. The summed E-state index contributed by atoms with van der Waals surface area (Å²) in [4.78, 5) is 20.7. The summed E-state index contributed by atoms with van der Waals surface area (Å²) in [5.74, 6) is -0.351. The van der Waals surface area contributed by atoms with Crippen molar-refractivity contribution >= 4 is 16.9 Å². The van der Waals surface area contributed by atoms with E-state index in [0.717, 1.165) is 16.6 Å². The lowest BCUT2D eigenvalue weighted by atomic mass is 10.0. The number of nitrogens with one attached hydrogen (secondary N) is 1. The Kier molecular flexibility index (Phi) is 4.30. The van der Waals surface area contributed by atoms with Gasteiger partial charge >= 0.3 is 0 Å². The van der Waals surface area contributed by atoms with E-state index in [1.54, 1.807) is 6.07 Å². The summed E-state index contributed by atoms with van der Waals surface area (Å²) in [5.41, 5.74) is 3.43. The molecule has 3 rings (SSSR count). The fourth-order valence-electron chi connectivity index (χ4n) is 2.42. The number of rotatable bonds is 4. The van der Waals surface area contributed by atoms with Gasteiger partial charge in [-0.1, -0.05) is 36.4 Å². The number of carbonyl (C=O) groups excluding carboxylic acids is 1. The number of hydrogen-bond donors (Lipinski definition) is 2. The molecule has 0 saturated carbocycles. The zero-order chi connectivity index (χ0) is 16.2. The minimum absolute atomic E-state index is 0.123. The first kappa shape index (κ1) is 15.1. The molecule has 0 fully saturated rings. The third-order valence-electron chi connectivity index (χ3n) is 3.68. The van der Waals surface area contributed by atoms with Crippen molar-refractivity contribution < 1.29 is 9.90 Å². The smallest absolute Gasteiger partial charge is 0.271 e. The Morgan fingerprint density at radius 2 is 1.83 bits per heavy atom. The highest BCUT2D eigenvalue weighted by atomic mass is 16.3. The van der Waals surface area contributed by atoms with Gasteiger partial charge in [0.1, 0.15) is 5.69 Å². The number of aryl methyl sites for hydroxylation is 1. The van der Waals surface area contributed by atoms with E-state index in [0.29, 0.717) is 5.52 Å². The van der Waals surface area contributed by atoms with Crippen molar-refractivity contribution in [3.8, 4) is 0 Å². The summed E-state index contributed by atoms with van der Waals surface area (Å²) in [6.07, 6.45) is 0.686. The number of aromatic nitrogens is 2. The van der Waals surface area contributed by atoms with Crippen molar-refractivity contribution in [2.75, 3.05) is 6.54 Å². The van der Waals surface area contributed by atoms with Gasteiger partial charge in [0.15, 0.2) is 0 Å². The van der Waals surface area contributed by atoms with Crippen LogP contribution in [0.5, 0.6) is 0 Å². The van der Waals surface area contributed by atoms with Crippen molar-refractivity contribution in [3.05, 3.63) is 71.5 Å².